The average molecular weight is 332 g/mol. The molecule has 0 aliphatic heterocycles. The Morgan fingerprint density at radius 3 is 2.64 bits per heavy atom. The molecule has 0 saturated heterocycles. The fraction of sp³-hybridized carbons (Fsp3) is 0. The van der Waals surface area contributed by atoms with Gasteiger partial charge in [-0.15, -0.1) is 0 Å². The minimum Gasteiger partial charge on any atom is -0.506 e. The topological polar surface area (TPSA) is 50.4 Å². The van der Waals surface area contributed by atoms with Crippen LogP contribution in [0.5, 0.6) is 5.75 Å². The van der Waals surface area contributed by atoms with E-state index in [0.717, 1.165) is 5.69 Å². The molecule has 2 aromatic carbocycles. The second-order valence-electron chi connectivity index (χ2n) is 4.52. The van der Waals surface area contributed by atoms with Gasteiger partial charge in [-0.3, -0.25) is 0 Å². The highest BCUT2D eigenvalue weighted by atomic mass is 35.5. The van der Waals surface area contributed by atoms with Crippen LogP contribution in [-0.4, -0.2) is 21.1 Å². The highest BCUT2D eigenvalue weighted by molar-refractivity contribution is 6.36. The van der Waals surface area contributed by atoms with Gasteiger partial charge in [0.05, 0.1) is 16.9 Å². The molecule has 0 bridgehead atoms. The quantitative estimate of drug-likeness (QED) is 0.711. The van der Waals surface area contributed by atoms with Crippen LogP contribution in [0.4, 0.5) is 5.82 Å². The number of phenolic OH excluding ortho intramolecular Hbond substituents is 1. The third kappa shape index (κ3) is 2.98. The Bertz CT molecular complexity index is 829. The van der Waals surface area contributed by atoms with Gasteiger partial charge in [-0.2, -0.15) is 5.10 Å². The van der Waals surface area contributed by atoms with Crippen molar-refractivity contribution < 1.29 is 5.11 Å². The van der Waals surface area contributed by atoms with E-state index in [1.54, 1.807) is 23.0 Å². The summed E-state index contributed by atoms with van der Waals surface area (Å²) in [6, 6.07) is 14.5. The molecular weight excluding hydrogens is 321 g/mol. The summed E-state index contributed by atoms with van der Waals surface area (Å²) in [5, 5.41) is 14.8. The van der Waals surface area contributed by atoms with E-state index >= 15 is 0 Å². The number of aliphatic imine (C=N–C) groups is 1. The Morgan fingerprint density at radius 2 is 1.86 bits per heavy atom. The van der Waals surface area contributed by atoms with Crippen LogP contribution in [0, 0.1) is 0 Å². The molecule has 0 radical (unpaired) electrons. The van der Waals surface area contributed by atoms with Gasteiger partial charge in [0.15, 0.2) is 5.82 Å². The van der Waals surface area contributed by atoms with Crippen LogP contribution in [-0.2, 0) is 0 Å². The zero-order valence-corrected chi connectivity index (χ0v) is 12.8. The Hall–Kier alpha value is -2.30. The lowest BCUT2D eigenvalue weighted by molar-refractivity contribution is 0.475. The number of halogens is 2. The minimum atomic E-state index is -0.0550. The Kier molecular flexibility index (Phi) is 4.13. The van der Waals surface area contributed by atoms with Gasteiger partial charge in [-0.1, -0.05) is 41.4 Å². The zero-order chi connectivity index (χ0) is 15.5. The van der Waals surface area contributed by atoms with E-state index in [4.69, 9.17) is 23.2 Å². The predicted molar refractivity (Wildman–Crippen MR) is 88.9 cm³/mol. The van der Waals surface area contributed by atoms with Gasteiger partial charge in [0, 0.05) is 22.9 Å². The van der Waals surface area contributed by atoms with Crippen LogP contribution in [0.3, 0.4) is 0 Å². The van der Waals surface area contributed by atoms with Crippen LogP contribution in [0.2, 0.25) is 10.0 Å². The number of phenols is 1. The Labute approximate surface area is 137 Å². The summed E-state index contributed by atoms with van der Waals surface area (Å²) in [4.78, 5) is 4.35. The number of hydrogen-bond acceptors (Lipinski definition) is 3. The fourth-order valence-corrected chi connectivity index (χ4v) is 2.49. The summed E-state index contributed by atoms with van der Waals surface area (Å²) in [7, 11) is 0. The van der Waals surface area contributed by atoms with E-state index in [-0.39, 0.29) is 10.8 Å². The molecule has 4 nitrogen and oxygen atoms in total. The summed E-state index contributed by atoms with van der Waals surface area (Å²) < 4.78 is 1.69. The first kappa shape index (κ1) is 14.6. The molecule has 110 valence electrons. The van der Waals surface area contributed by atoms with Crippen molar-refractivity contribution in [2.24, 2.45) is 4.99 Å². The maximum Gasteiger partial charge on any atom is 0.155 e. The van der Waals surface area contributed by atoms with Crippen molar-refractivity contribution in [1.82, 2.24) is 9.78 Å². The molecule has 0 aliphatic rings. The van der Waals surface area contributed by atoms with E-state index in [1.807, 2.05) is 30.3 Å². The molecule has 0 atom stereocenters. The number of hydrogen-bond donors (Lipinski definition) is 1. The fourth-order valence-electron chi connectivity index (χ4n) is 1.98. The van der Waals surface area contributed by atoms with Gasteiger partial charge in [-0.25, -0.2) is 9.67 Å². The van der Waals surface area contributed by atoms with E-state index in [9.17, 15) is 5.11 Å². The van der Waals surface area contributed by atoms with Gasteiger partial charge in [0.2, 0.25) is 0 Å². The summed E-state index contributed by atoms with van der Waals surface area (Å²) in [6.45, 7) is 0. The van der Waals surface area contributed by atoms with Crippen molar-refractivity contribution in [2.75, 3.05) is 0 Å². The first-order chi connectivity index (χ1) is 10.6. The van der Waals surface area contributed by atoms with Crippen molar-refractivity contribution in [3.63, 3.8) is 0 Å². The van der Waals surface area contributed by atoms with Gasteiger partial charge >= 0.3 is 0 Å². The van der Waals surface area contributed by atoms with Crippen molar-refractivity contribution in [3.05, 3.63) is 70.3 Å². The highest BCUT2D eigenvalue weighted by Gasteiger charge is 2.07. The molecule has 0 spiro atoms. The molecule has 0 saturated carbocycles. The molecule has 0 unspecified atom stereocenters. The number of benzene rings is 2. The molecule has 3 rings (SSSR count). The van der Waals surface area contributed by atoms with Gasteiger partial charge in [0.1, 0.15) is 5.75 Å². The van der Waals surface area contributed by atoms with Crippen LogP contribution in [0.25, 0.3) is 5.69 Å². The summed E-state index contributed by atoms with van der Waals surface area (Å²) in [5.74, 6) is 0.572. The highest BCUT2D eigenvalue weighted by Crippen LogP contribution is 2.30. The SMILES string of the molecule is Oc1c(Cl)cc(Cl)cc1/C=N/c1ccnn1-c1ccccc1. The first-order valence-corrected chi connectivity index (χ1v) is 7.22. The third-order valence-corrected chi connectivity index (χ3v) is 3.52. The largest absolute Gasteiger partial charge is 0.506 e. The molecule has 0 amide bonds. The Balaban J connectivity index is 1.97. The number of nitrogens with zero attached hydrogens (tertiary/aromatic N) is 3. The van der Waals surface area contributed by atoms with E-state index in [1.165, 1.54) is 12.3 Å². The van der Waals surface area contributed by atoms with Crippen molar-refractivity contribution >= 4 is 35.2 Å². The van der Waals surface area contributed by atoms with Crippen LogP contribution >= 0.6 is 23.2 Å². The Morgan fingerprint density at radius 1 is 1.09 bits per heavy atom. The van der Waals surface area contributed by atoms with Crippen LogP contribution in [0.1, 0.15) is 5.56 Å². The van der Waals surface area contributed by atoms with Gasteiger partial charge < -0.3 is 5.11 Å². The van der Waals surface area contributed by atoms with Gasteiger partial charge in [-0.05, 0) is 24.3 Å². The van der Waals surface area contributed by atoms with Crippen LogP contribution in [0.15, 0.2) is 59.7 Å². The smallest absolute Gasteiger partial charge is 0.155 e. The molecule has 1 N–H and O–H groups in total. The standard InChI is InChI=1S/C16H11Cl2N3O/c17-12-8-11(16(22)14(18)9-12)10-19-15-6-7-20-21(15)13-4-2-1-3-5-13/h1-10,22H/b19-10+. The van der Waals surface area contributed by atoms with Crippen molar-refractivity contribution in [3.8, 4) is 11.4 Å². The zero-order valence-electron chi connectivity index (χ0n) is 11.3. The summed E-state index contributed by atoms with van der Waals surface area (Å²) >= 11 is 11.8. The van der Waals surface area contributed by atoms with Crippen LogP contribution < -0.4 is 0 Å². The molecule has 1 heterocycles. The summed E-state index contributed by atoms with van der Waals surface area (Å²) in [6.07, 6.45) is 3.16. The predicted octanol–water partition coefficient (Wildman–Crippen LogP) is 4.64. The molecular formula is C16H11Cl2N3O. The maximum atomic E-state index is 9.93. The summed E-state index contributed by atoms with van der Waals surface area (Å²) in [5.41, 5.74) is 1.34. The number of rotatable bonds is 3. The minimum absolute atomic E-state index is 0.0550. The third-order valence-electron chi connectivity index (χ3n) is 3.02. The second-order valence-corrected chi connectivity index (χ2v) is 5.36. The second kappa shape index (κ2) is 6.22. The van der Waals surface area contributed by atoms with E-state index < -0.39 is 0 Å². The molecule has 6 heteroatoms. The first-order valence-electron chi connectivity index (χ1n) is 6.46. The van der Waals surface area contributed by atoms with Crippen molar-refractivity contribution in [1.29, 1.82) is 0 Å². The normalized spacial score (nSPS) is 11.2. The molecule has 3 aromatic rings. The lowest BCUT2D eigenvalue weighted by Crippen LogP contribution is -1.95. The van der Waals surface area contributed by atoms with Crippen molar-refractivity contribution in [2.45, 2.75) is 0 Å². The monoisotopic (exact) mass is 331 g/mol. The average Bonchev–Trinajstić information content (AvgIpc) is 2.99. The number of aromatic hydroxyl groups is 1. The van der Waals surface area contributed by atoms with E-state index in [0.29, 0.717) is 16.4 Å². The molecule has 22 heavy (non-hydrogen) atoms. The number of aromatic nitrogens is 2. The number of para-hydroxylation sites is 1. The van der Waals surface area contributed by atoms with E-state index in [2.05, 4.69) is 10.1 Å². The lowest BCUT2D eigenvalue weighted by atomic mass is 10.2. The molecule has 0 aliphatic carbocycles. The van der Waals surface area contributed by atoms with Gasteiger partial charge in [0.25, 0.3) is 0 Å². The molecule has 1 aromatic heterocycles. The maximum absolute atomic E-state index is 9.93. The lowest BCUT2D eigenvalue weighted by Gasteiger charge is -2.04. The molecule has 0 fully saturated rings.